The Kier molecular flexibility index (Phi) is 3.24. The Labute approximate surface area is 131 Å². The molecular weight excluding hydrogens is 293 g/mol. The lowest BCUT2D eigenvalue weighted by Crippen LogP contribution is -1.95. The van der Waals surface area contributed by atoms with Crippen LogP contribution < -0.4 is 4.74 Å². The summed E-state index contributed by atoms with van der Waals surface area (Å²) in [5.41, 5.74) is 2.72. The summed E-state index contributed by atoms with van der Waals surface area (Å²) in [6, 6.07) is 13.8. The molecule has 0 radical (unpaired) electrons. The predicted octanol–water partition coefficient (Wildman–Crippen LogP) is 4.33. The van der Waals surface area contributed by atoms with Gasteiger partial charge in [0.05, 0.1) is 6.20 Å². The van der Waals surface area contributed by atoms with Crippen LogP contribution in [-0.2, 0) is 0 Å². The van der Waals surface area contributed by atoms with Gasteiger partial charge in [-0.05, 0) is 35.9 Å². The van der Waals surface area contributed by atoms with Gasteiger partial charge in [0.1, 0.15) is 5.52 Å². The van der Waals surface area contributed by atoms with Gasteiger partial charge in [-0.2, -0.15) is 5.10 Å². The van der Waals surface area contributed by atoms with Crippen molar-refractivity contribution in [3.63, 3.8) is 0 Å². The molecule has 0 spiro atoms. The lowest BCUT2D eigenvalue weighted by atomic mass is 10.1. The molecule has 0 aliphatic heterocycles. The zero-order valence-electron chi connectivity index (χ0n) is 12.1. The van der Waals surface area contributed by atoms with E-state index in [0.717, 1.165) is 16.6 Å². The van der Waals surface area contributed by atoms with E-state index in [1.165, 1.54) is 6.07 Å². The fourth-order valence-corrected chi connectivity index (χ4v) is 2.51. The Morgan fingerprint density at radius 1 is 0.870 bits per heavy atom. The first kappa shape index (κ1) is 13.5. The van der Waals surface area contributed by atoms with Gasteiger partial charge in [-0.25, -0.2) is 8.91 Å². The van der Waals surface area contributed by atoms with Crippen molar-refractivity contribution in [3.05, 3.63) is 79.1 Å². The summed E-state index contributed by atoms with van der Waals surface area (Å²) in [6.45, 7) is 0. The van der Waals surface area contributed by atoms with Crippen molar-refractivity contribution in [2.45, 2.75) is 0 Å². The van der Waals surface area contributed by atoms with Crippen LogP contribution in [0, 0.1) is 5.82 Å². The van der Waals surface area contributed by atoms with Gasteiger partial charge in [-0.1, -0.05) is 12.1 Å². The summed E-state index contributed by atoms with van der Waals surface area (Å²) in [5.74, 6) is 0.323. The summed E-state index contributed by atoms with van der Waals surface area (Å²) >= 11 is 0. The minimum Gasteiger partial charge on any atom is -0.452 e. The van der Waals surface area contributed by atoms with E-state index >= 15 is 0 Å². The number of hydrogen-bond acceptors (Lipinski definition) is 3. The molecule has 4 aromatic rings. The molecule has 0 N–H and O–H groups in total. The summed E-state index contributed by atoms with van der Waals surface area (Å²) in [6.07, 6.45) is 6.93. The highest BCUT2D eigenvalue weighted by Crippen LogP contribution is 2.34. The fraction of sp³-hybridized carbons (Fsp3) is 0. The van der Waals surface area contributed by atoms with E-state index < -0.39 is 5.82 Å². The monoisotopic (exact) mass is 305 g/mol. The van der Waals surface area contributed by atoms with Crippen LogP contribution in [0.15, 0.2) is 73.3 Å². The number of ether oxygens (including phenoxy) is 1. The number of hydrogen-bond donors (Lipinski definition) is 0. The normalized spacial score (nSPS) is 10.8. The molecule has 3 heterocycles. The molecule has 112 valence electrons. The van der Waals surface area contributed by atoms with E-state index in [1.807, 2.05) is 24.4 Å². The van der Waals surface area contributed by atoms with Crippen LogP contribution in [0.25, 0.3) is 16.6 Å². The molecule has 0 saturated carbocycles. The van der Waals surface area contributed by atoms with Gasteiger partial charge in [0.15, 0.2) is 17.3 Å². The third-order valence-corrected chi connectivity index (χ3v) is 3.56. The van der Waals surface area contributed by atoms with Crippen LogP contribution >= 0.6 is 0 Å². The van der Waals surface area contributed by atoms with Gasteiger partial charge in [0, 0.05) is 30.2 Å². The van der Waals surface area contributed by atoms with E-state index in [4.69, 9.17) is 4.74 Å². The van der Waals surface area contributed by atoms with Crippen LogP contribution in [0.1, 0.15) is 0 Å². The van der Waals surface area contributed by atoms with Gasteiger partial charge >= 0.3 is 0 Å². The lowest BCUT2D eigenvalue weighted by molar-refractivity contribution is 0.444. The molecule has 0 saturated heterocycles. The number of fused-ring (bicyclic) bond motifs is 1. The van der Waals surface area contributed by atoms with Crippen molar-refractivity contribution in [2.24, 2.45) is 0 Å². The van der Waals surface area contributed by atoms with E-state index in [-0.39, 0.29) is 5.75 Å². The zero-order valence-corrected chi connectivity index (χ0v) is 12.1. The zero-order chi connectivity index (χ0) is 15.6. The SMILES string of the molecule is Fc1ccccc1Oc1ccnn2ccc(-c3ccncc3)c12. The Morgan fingerprint density at radius 2 is 1.70 bits per heavy atom. The molecule has 5 heteroatoms. The van der Waals surface area contributed by atoms with E-state index in [1.54, 1.807) is 47.4 Å². The van der Waals surface area contributed by atoms with Gasteiger partial charge in [0.25, 0.3) is 0 Å². The van der Waals surface area contributed by atoms with E-state index in [9.17, 15) is 4.39 Å². The van der Waals surface area contributed by atoms with Gasteiger partial charge < -0.3 is 4.74 Å². The van der Waals surface area contributed by atoms with Crippen molar-refractivity contribution >= 4 is 5.52 Å². The van der Waals surface area contributed by atoms with Crippen molar-refractivity contribution in [2.75, 3.05) is 0 Å². The maximum Gasteiger partial charge on any atom is 0.165 e. The molecule has 3 aromatic heterocycles. The Balaban J connectivity index is 1.87. The molecule has 0 atom stereocenters. The largest absolute Gasteiger partial charge is 0.452 e. The summed E-state index contributed by atoms with van der Waals surface area (Å²) in [5, 5.41) is 4.28. The topological polar surface area (TPSA) is 39.4 Å². The molecule has 0 aliphatic rings. The highest BCUT2D eigenvalue weighted by Gasteiger charge is 2.13. The second-order valence-corrected chi connectivity index (χ2v) is 4.99. The van der Waals surface area contributed by atoms with Crippen LogP contribution in [0.3, 0.4) is 0 Å². The third-order valence-electron chi connectivity index (χ3n) is 3.56. The van der Waals surface area contributed by atoms with Crippen molar-refractivity contribution in [1.82, 2.24) is 14.6 Å². The maximum atomic E-state index is 13.9. The first-order valence-electron chi connectivity index (χ1n) is 7.12. The van der Waals surface area contributed by atoms with Crippen LogP contribution in [-0.4, -0.2) is 14.6 Å². The molecule has 4 rings (SSSR count). The molecule has 0 aliphatic carbocycles. The van der Waals surface area contributed by atoms with Crippen LogP contribution in [0.5, 0.6) is 11.5 Å². The third kappa shape index (κ3) is 2.42. The Hall–Kier alpha value is -3.21. The van der Waals surface area contributed by atoms with Crippen molar-refractivity contribution in [3.8, 4) is 22.6 Å². The summed E-state index contributed by atoms with van der Waals surface area (Å²) in [4.78, 5) is 4.03. The number of para-hydroxylation sites is 1. The minimum absolute atomic E-state index is 0.183. The van der Waals surface area contributed by atoms with E-state index in [0.29, 0.717) is 5.75 Å². The predicted molar refractivity (Wildman–Crippen MR) is 84.9 cm³/mol. The second kappa shape index (κ2) is 5.53. The molecule has 0 bridgehead atoms. The molecular formula is C18H12FN3O. The molecule has 1 aromatic carbocycles. The molecule has 0 amide bonds. The van der Waals surface area contributed by atoms with Gasteiger partial charge in [0.2, 0.25) is 0 Å². The fourth-order valence-electron chi connectivity index (χ4n) is 2.51. The number of aromatic nitrogens is 3. The highest BCUT2D eigenvalue weighted by atomic mass is 19.1. The number of benzene rings is 1. The average Bonchev–Trinajstić information content (AvgIpc) is 3.03. The van der Waals surface area contributed by atoms with Crippen molar-refractivity contribution in [1.29, 1.82) is 0 Å². The first-order chi connectivity index (χ1) is 11.3. The average molecular weight is 305 g/mol. The lowest BCUT2D eigenvalue weighted by Gasteiger charge is -2.09. The smallest absolute Gasteiger partial charge is 0.165 e. The molecule has 4 nitrogen and oxygen atoms in total. The van der Waals surface area contributed by atoms with Crippen molar-refractivity contribution < 1.29 is 9.13 Å². The van der Waals surface area contributed by atoms with Gasteiger partial charge in [-0.3, -0.25) is 4.98 Å². The second-order valence-electron chi connectivity index (χ2n) is 4.99. The van der Waals surface area contributed by atoms with Gasteiger partial charge in [-0.15, -0.1) is 0 Å². The highest BCUT2D eigenvalue weighted by molar-refractivity contribution is 5.85. The maximum absolute atomic E-state index is 13.9. The quantitative estimate of drug-likeness (QED) is 0.565. The Morgan fingerprint density at radius 3 is 2.52 bits per heavy atom. The summed E-state index contributed by atoms with van der Waals surface area (Å²) in [7, 11) is 0. The van der Waals surface area contributed by atoms with Crippen LogP contribution in [0.2, 0.25) is 0 Å². The molecule has 0 unspecified atom stereocenters. The first-order valence-corrected chi connectivity index (χ1v) is 7.12. The molecule has 23 heavy (non-hydrogen) atoms. The van der Waals surface area contributed by atoms with E-state index in [2.05, 4.69) is 10.1 Å². The molecule has 0 fully saturated rings. The number of rotatable bonds is 3. The Bertz CT molecular complexity index is 966. The number of nitrogens with zero attached hydrogens (tertiary/aromatic N) is 3. The number of halogens is 1. The number of pyridine rings is 1. The minimum atomic E-state index is -0.403. The van der Waals surface area contributed by atoms with Crippen LogP contribution in [0.4, 0.5) is 4.39 Å². The standard InChI is InChI=1S/C18H12FN3O/c19-15-3-1-2-4-16(15)23-17-7-11-21-22-12-8-14(18(17)22)13-5-9-20-10-6-13/h1-12H. The summed E-state index contributed by atoms with van der Waals surface area (Å²) < 4.78 is 21.4.